The molecule has 1 aliphatic heterocycles. The Morgan fingerprint density at radius 2 is 1.82 bits per heavy atom. The first-order chi connectivity index (χ1) is 18.9. The first-order valence-electron chi connectivity index (χ1n) is 12.8. The summed E-state index contributed by atoms with van der Waals surface area (Å²) in [5, 5.41) is 6.86. The lowest BCUT2D eigenvalue weighted by molar-refractivity contribution is -0.117. The van der Waals surface area contributed by atoms with Crippen molar-refractivity contribution in [3.63, 3.8) is 0 Å². The van der Waals surface area contributed by atoms with Gasteiger partial charge in [-0.05, 0) is 51.3 Å². The van der Waals surface area contributed by atoms with E-state index in [0.29, 0.717) is 37.2 Å². The molecule has 1 fully saturated rings. The van der Waals surface area contributed by atoms with Crippen molar-refractivity contribution in [1.82, 2.24) is 24.8 Å². The molecule has 1 saturated heterocycles. The molecule has 13 heteroatoms. The van der Waals surface area contributed by atoms with Crippen molar-refractivity contribution in [2.24, 2.45) is 0 Å². The molecular weight excluding hydrogens is 528 g/mol. The topological polar surface area (TPSA) is 135 Å². The number of rotatable bonds is 8. The number of Topliss-reactive ketones (excluding diaryl/α,β-unsaturated/α-hetero) is 1. The predicted octanol–water partition coefficient (Wildman–Crippen LogP) is 3.28. The molecule has 0 unspecified atom stereocenters. The number of likely N-dealkylation sites (tertiary alicyclic amines) is 1. The van der Waals surface area contributed by atoms with Crippen molar-refractivity contribution >= 4 is 23.4 Å². The second-order valence-corrected chi connectivity index (χ2v) is 10.5. The summed E-state index contributed by atoms with van der Waals surface area (Å²) in [5.74, 6) is -0.984. The van der Waals surface area contributed by atoms with Crippen molar-refractivity contribution in [3.8, 4) is 5.75 Å². The van der Waals surface area contributed by atoms with E-state index in [4.69, 9.17) is 4.74 Å². The zero-order valence-electron chi connectivity index (χ0n) is 22.4. The summed E-state index contributed by atoms with van der Waals surface area (Å²) in [6.07, 6.45) is 2.10. The van der Waals surface area contributed by atoms with Crippen LogP contribution in [0.15, 0.2) is 41.3 Å². The highest BCUT2D eigenvalue weighted by Gasteiger charge is 2.29. The number of halogens is 2. The Balaban J connectivity index is 1.38. The fourth-order valence-electron chi connectivity index (χ4n) is 4.51. The van der Waals surface area contributed by atoms with Crippen LogP contribution in [0.4, 0.5) is 13.6 Å². The molecule has 214 valence electrons. The lowest BCUT2D eigenvalue weighted by Crippen LogP contribution is -2.41. The van der Waals surface area contributed by atoms with Crippen LogP contribution in [0.3, 0.4) is 0 Å². The summed E-state index contributed by atoms with van der Waals surface area (Å²) in [5.41, 5.74) is 0.508. The number of nitrogens with zero attached hydrogens (tertiary/aromatic N) is 3. The molecule has 40 heavy (non-hydrogen) atoms. The zero-order chi connectivity index (χ0) is 29.0. The third kappa shape index (κ3) is 7.21. The molecule has 4 rings (SSSR count). The van der Waals surface area contributed by atoms with Crippen molar-refractivity contribution < 1.29 is 32.6 Å². The number of H-pyrrole nitrogens is 1. The van der Waals surface area contributed by atoms with Gasteiger partial charge in [0.05, 0.1) is 18.4 Å². The SMILES string of the molecule is CC(C)(C)OC(=O)N1CCC(c2cc(=O)[nH]c3c(C(=O)NCC(=O)Cc4ccc(OC(F)F)cc4)cnn23)CC1. The highest BCUT2D eigenvalue weighted by Crippen LogP contribution is 2.28. The van der Waals surface area contributed by atoms with Gasteiger partial charge in [0.1, 0.15) is 22.6 Å². The minimum atomic E-state index is -2.94. The summed E-state index contributed by atoms with van der Waals surface area (Å²) in [4.78, 5) is 54.4. The Bertz CT molecular complexity index is 1440. The Labute approximate surface area is 228 Å². The summed E-state index contributed by atoms with van der Waals surface area (Å²) in [6.45, 7) is 3.10. The molecule has 3 aromatic rings. The molecule has 1 aromatic carbocycles. The molecule has 0 aliphatic carbocycles. The van der Waals surface area contributed by atoms with E-state index in [0.717, 1.165) is 0 Å². The first kappa shape index (κ1) is 28.7. The van der Waals surface area contributed by atoms with Gasteiger partial charge in [0.2, 0.25) is 0 Å². The molecule has 2 N–H and O–H groups in total. The van der Waals surface area contributed by atoms with Gasteiger partial charge >= 0.3 is 12.7 Å². The number of aromatic amines is 1. The Morgan fingerprint density at radius 3 is 2.45 bits per heavy atom. The van der Waals surface area contributed by atoms with Crippen LogP contribution in [0.1, 0.15) is 61.1 Å². The van der Waals surface area contributed by atoms with Gasteiger partial charge < -0.3 is 24.7 Å². The van der Waals surface area contributed by atoms with Crippen LogP contribution in [-0.4, -0.2) is 69.1 Å². The smallest absolute Gasteiger partial charge is 0.410 e. The van der Waals surface area contributed by atoms with Gasteiger partial charge in [-0.1, -0.05) is 12.1 Å². The maximum atomic E-state index is 12.9. The van der Waals surface area contributed by atoms with E-state index < -0.39 is 23.7 Å². The number of alkyl halides is 2. The zero-order valence-corrected chi connectivity index (χ0v) is 22.4. The molecule has 0 saturated carbocycles. The molecule has 0 bridgehead atoms. The van der Waals surface area contributed by atoms with Crippen LogP contribution in [0.5, 0.6) is 5.75 Å². The molecule has 11 nitrogen and oxygen atoms in total. The summed E-state index contributed by atoms with van der Waals surface area (Å²) in [6, 6.07) is 7.10. The average molecular weight is 560 g/mol. The van der Waals surface area contributed by atoms with Gasteiger partial charge in [0.25, 0.3) is 11.5 Å². The first-order valence-corrected chi connectivity index (χ1v) is 12.8. The Morgan fingerprint density at radius 1 is 1.15 bits per heavy atom. The Hall–Kier alpha value is -4.29. The van der Waals surface area contributed by atoms with Gasteiger partial charge in [-0.2, -0.15) is 13.9 Å². The molecule has 2 aromatic heterocycles. The standard InChI is InChI=1S/C27H31F2N5O6/c1-27(2,3)40-26(38)33-10-8-17(9-11-33)21-13-22(36)32-23-20(15-31-34(21)23)24(37)30-14-18(35)12-16-4-6-19(7-5-16)39-25(28)29/h4-7,13,15,17,25H,8-12,14H2,1-3H3,(H,30,37)(H,32,36). The quantitative estimate of drug-likeness (QED) is 0.433. The number of hydrogen-bond donors (Lipinski definition) is 2. The molecule has 3 heterocycles. The van der Waals surface area contributed by atoms with Crippen LogP contribution < -0.4 is 15.6 Å². The molecule has 2 amide bonds. The van der Waals surface area contributed by atoms with Crippen LogP contribution >= 0.6 is 0 Å². The van der Waals surface area contributed by atoms with Crippen LogP contribution in [0.25, 0.3) is 5.65 Å². The fraction of sp³-hybridized carbons (Fsp3) is 0.444. The highest BCUT2D eigenvalue weighted by molar-refractivity contribution is 6.01. The van der Waals surface area contributed by atoms with E-state index in [-0.39, 0.29) is 47.7 Å². The molecule has 0 spiro atoms. The largest absolute Gasteiger partial charge is 0.444 e. The summed E-state index contributed by atoms with van der Waals surface area (Å²) < 4.78 is 35.8. The van der Waals surface area contributed by atoms with Crippen LogP contribution in [-0.2, 0) is 16.0 Å². The molecule has 1 aliphatic rings. The van der Waals surface area contributed by atoms with Gasteiger partial charge in [0, 0.05) is 31.5 Å². The van der Waals surface area contributed by atoms with Crippen LogP contribution in [0, 0.1) is 0 Å². The van der Waals surface area contributed by atoms with Crippen LogP contribution in [0.2, 0.25) is 0 Å². The van der Waals surface area contributed by atoms with E-state index in [1.807, 2.05) is 0 Å². The maximum absolute atomic E-state index is 12.9. The minimum absolute atomic E-state index is 0.0189. The number of carbonyl (C=O) groups is 3. The lowest BCUT2D eigenvalue weighted by atomic mass is 9.93. The summed E-state index contributed by atoms with van der Waals surface area (Å²) in [7, 11) is 0. The van der Waals surface area contributed by atoms with E-state index in [9.17, 15) is 28.0 Å². The molecular formula is C27H31F2N5O6. The average Bonchev–Trinajstić information content (AvgIpc) is 3.30. The van der Waals surface area contributed by atoms with E-state index >= 15 is 0 Å². The van der Waals surface area contributed by atoms with Crippen molar-refractivity contribution in [2.45, 2.75) is 58.2 Å². The highest BCUT2D eigenvalue weighted by atomic mass is 19.3. The summed E-state index contributed by atoms with van der Waals surface area (Å²) >= 11 is 0. The van der Waals surface area contributed by atoms with E-state index in [1.165, 1.54) is 41.0 Å². The van der Waals surface area contributed by atoms with Gasteiger partial charge in [-0.15, -0.1) is 0 Å². The number of hydrogen-bond acceptors (Lipinski definition) is 7. The maximum Gasteiger partial charge on any atom is 0.410 e. The van der Waals surface area contributed by atoms with Gasteiger partial charge in [0.15, 0.2) is 5.78 Å². The number of fused-ring (bicyclic) bond motifs is 1. The number of ether oxygens (including phenoxy) is 2. The second-order valence-electron chi connectivity index (χ2n) is 10.5. The second kappa shape index (κ2) is 11.8. The van der Waals surface area contributed by atoms with E-state index in [1.54, 1.807) is 25.7 Å². The fourth-order valence-corrected chi connectivity index (χ4v) is 4.51. The molecule has 0 radical (unpaired) electrons. The third-order valence-corrected chi connectivity index (χ3v) is 6.34. The monoisotopic (exact) mass is 559 g/mol. The van der Waals surface area contributed by atoms with E-state index in [2.05, 4.69) is 20.1 Å². The van der Waals surface area contributed by atoms with Crippen molar-refractivity contribution in [1.29, 1.82) is 0 Å². The predicted molar refractivity (Wildman–Crippen MR) is 140 cm³/mol. The number of carbonyl (C=O) groups excluding carboxylic acids is 3. The molecule has 0 atom stereocenters. The van der Waals surface area contributed by atoms with Crippen molar-refractivity contribution in [3.05, 3.63) is 63.7 Å². The number of ketones is 1. The number of nitrogens with one attached hydrogen (secondary N) is 2. The number of piperidine rings is 1. The number of benzene rings is 1. The number of amides is 2. The third-order valence-electron chi connectivity index (χ3n) is 6.34. The minimum Gasteiger partial charge on any atom is -0.444 e. The van der Waals surface area contributed by atoms with Gasteiger partial charge in [-0.3, -0.25) is 14.4 Å². The van der Waals surface area contributed by atoms with Crippen molar-refractivity contribution in [2.75, 3.05) is 19.6 Å². The lowest BCUT2D eigenvalue weighted by Gasteiger charge is -2.33. The normalized spacial score (nSPS) is 14.4. The Kier molecular flexibility index (Phi) is 8.50. The van der Waals surface area contributed by atoms with Gasteiger partial charge in [-0.25, -0.2) is 9.31 Å². The number of aromatic nitrogens is 3.